The maximum atomic E-state index is 13.3. The monoisotopic (exact) mass is 372 g/mol. The molecule has 1 N–H and O–H groups in total. The van der Waals surface area contributed by atoms with Crippen molar-refractivity contribution in [3.8, 4) is 0 Å². The summed E-state index contributed by atoms with van der Waals surface area (Å²) in [5, 5.41) is 0. The zero-order valence-electron chi connectivity index (χ0n) is 12.7. The van der Waals surface area contributed by atoms with Gasteiger partial charge >= 0.3 is 6.18 Å². The van der Waals surface area contributed by atoms with Crippen LogP contribution < -0.4 is 0 Å². The number of benzene rings is 2. The fraction of sp³-hybridized carbons (Fsp3) is 0.235. The first kappa shape index (κ1) is 17.7. The van der Waals surface area contributed by atoms with Crippen LogP contribution in [0.5, 0.6) is 0 Å². The van der Waals surface area contributed by atoms with Gasteiger partial charge in [0.25, 0.3) is 0 Å². The molecule has 0 amide bonds. The lowest BCUT2D eigenvalue weighted by Gasteiger charge is -2.13. The maximum absolute atomic E-state index is 13.3. The van der Waals surface area contributed by atoms with Gasteiger partial charge in [-0.3, -0.25) is 0 Å². The Morgan fingerprint density at radius 3 is 2.28 bits per heavy atom. The van der Waals surface area contributed by atoms with Gasteiger partial charge in [0, 0.05) is 23.8 Å². The number of H-pyrrole nitrogens is 1. The predicted octanol–water partition coefficient (Wildman–Crippen LogP) is 5.12. The second-order valence-corrected chi connectivity index (χ2v) is 6.05. The van der Waals surface area contributed by atoms with Gasteiger partial charge in [0.05, 0.1) is 16.6 Å². The summed E-state index contributed by atoms with van der Waals surface area (Å²) < 4.78 is 64.4. The summed E-state index contributed by atoms with van der Waals surface area (Å²) in [7, 11) is 0. The minimum Gasteiger partial charge on any atom is -0.342 e. The fourth-order valence-corrected chi connectivity index (χ4v) is 2.88. The third kappa shape index (κ3) is 3.78. The molecule has 3 rings (SSSR count). The normalized spacial score (nSPS) is 13.4. The number of aromatic amines is 1. The Hall–Kier alpha value is -2.09. The molecule has 132 valence electrons. The van der Waals surface area contributed by atoms with E-state index < -0.39 is 23.4 Å². The molecule has 1 aromatic heterocycles. The van der Waals surface area contributed by atoms with Gasteiger partial charge in [-0.2, -0.15) is 25.8 Å². The topological polar surface area (TPSA) is 28.7 Å². The Kier molecular flexibility index (Phi) is 4.73. The van der Waals surface area contributed by atoms with E-state index in [9.17, 15) is 22.0 Å². The number of aromatic nitrogens is 2. The van der Waals surface area contributed by atoms with Crippen molar-refractivity contribution in [2.75, 3.05) is 5.75 Å². The lowest BCUT2D eigenvalue weighted by molar-refractivity contribution is -0.137. The quantitative estimate of drug-likeness (QED) is 0.483. The molecule has 0 bridgehead atoms. The van der Waals surface area contributed by atoms with Crippen LogP contribution in [0.1, 0.15) is 22.9 Å². The second kappa shape index (κ2) is 6.67. The van der Waals surface area contributed by atoms with E-state index in [0.29, 0.717) is 29.1 Å². The zero-order chi connectivity index (χ0) is 18.2. The van der Waals surface area contributed by atoms with Crippen LogP contribution in [0.15, 0.2) is 36.4 Å². The molecule has 0 saturated carbocycles. The fourth-order valence-electron chi connectivity index (χ4n) is 2.58. The summed E-state index contributed by atoms with van der Waals surface area (Å²) in [5.41, 5.74) is 0.611. The van der Waals surface area contributed by atoms with E-state index in [4.69, 9.17) is 0 Å². The van der Waals surface area contributed by atoms with E-state index in [-0.39, 0.29) is 11.4 Å². The van der Waals surface area contributed by atoms with Crippen molar-refractivity contribution in [2.24, 2.45) is 0 Å². The highest BCUT2D eigenvalue weighted by atomic mass is 32.1. The van der Waals surface area contributed by atoms with Crippen molar-refractivity contribution < 1.29 is 22.0 Å². The van der Waals surface area contributed by atoms with Crippen LogP contribution in [0, 0.1) is 11.6 Å². The number of hydrogen-bond acceptors (Lipinski definition) is 2. The molecule has 8 heteroatoms. The molecule has 0 aliphatic rings. The van der Waals surface area contributed by atoms with Gasteiger partial charge in [-0.1, -0.05) is 12.1 Å². The summed E-state index contributed by atoms with van der Waals surface area (Å²) in [6, 6.07) is 6.87. The lowest BCUT2D eigenvalue weighted by atomic mass is 9.99. The van der Waals surface area contributed by atoms with Crippen LogP contribution in [-0.2, 0) is 12.6 Å². The first-order valence-electron chi connectivity index (χ1n) is 7.39. The first-order chi connectivity index (χ1) is 11.8. The van der Waals surface area contributed by atoms with Crippen molar-refractivity contribution in [1.82, 2.24) is 9.97 Å². The molecule has 2 nitrogen and oxygen atoms in total. The molecule has 0 fully saturated rings. The number of thiol groups is 1. The summed E-state index contributed by atoms with van der Waals surface area (Å²) in [6.07, 6.45) is -3.99. The molecule has 0 saturated heterocycles. The molecular formula is C17H13F5N2S. The van der Waals surface area contributed by atoms with E-state index in [0.717, 1.165) is 24.3 Å². The van der Waals surface area contributed by atoms with Crippen LogP contribution >= 0.6 is 12.6 Å². The molecule has 0 aliphatic carbocycles. The van der Waals surface area contributed by atoms with Gasteiger partial charge in [0.15, 0.2) is 11.6 Å². The SMILES string of the molecule is Fc1cc2nc([C@@H](CS)Cc3ccc(C(F)(F)F)cc3)[nH]c2cc1F. The largest absolute Gasteiger partial charge is 0.416 e. The van der Waals surface area contributed by atoms with Gasteiger partial charge in [-0.15, -0.1) is 0 Å². The molecule has 0 aliphatic heterocycles. The van der Waals surface area contributed by atoms with Crippen LogP contribution in [-0.4, -0.2) is 15.7 Å². The molecule has 1 atom stereocenters. The van der Waals surface area contributed by atoms with E-state index in [2.05, 4.69) is 22.6 Å². The summed E-state index contributed by atoms with van der Waals surface area (Å²) in [6.45, 7) is 0. The number of halogens is 5. The minimum atomic E-state index is -4.38. The van der Waals surface area contributed by atoms with Gasteiger partial charge in [-0.25, -0.2) is 13.8 Å². The molecule has 0 spiro atoms. The minimum absolute atomic E-state index is 0.237. The second-order valence-electron chi connectivity index (χ2n) is 5.68. The highest BCUT2D eigenvalue weighted by Crippen LogP contribution is 2.30. The van der Waals surface area contributed by atoms with Crippen molar-refractivity contribution in [3.63, 3.8) is 0 Å². The van der Waals surface area contributed by atoms with Gasteiger partial charge in [0.2, 0.25) is 0 Å². The summed E-state index contributed by atoms with van der Waals surface area (Å²) in [5.74, 6) is -1.36. The average molecular weight is 372 g/mol. The van der Waals surface area contributed by atoms with Crippen LogP contribution in [0.4, 0.5) is 22.0 Å². The molecule has 1 heterocycles. The number of hydrogen-bond donors (Lipinski definition) is 2. The summed E-state index contributed by atoms with van der Waals surface area (Å²) in [4.78, 5) is 7.17. The van der Waals surface area contributed by atoms with E-state index in [1.165, 1.54) is 12.1 Å². The summed E-state index contributed by atoms with van der Waals surface area (Å²) >= 11 is 4.26. The smallest absolute Gasteiger partial charge is 0.342 e. The van der Waals surface area contributed by atoms with E-state index in [1.807, 2.05) is 0 Å². The highest BCUT2D eigenvalue weighted by molar-refractivity contribution is 7.80. The van der Waals surface area contributed by atoms with Crippen molar-refractivity contribution in [2.45, 2.75) is 18.5 Å². The average Bonchev–Trinajstić information content (AvgIpc) is 2.95. The van der Waals surface area contributed by atoms with Gasteiger partial charge < -0.3 is 4.98 Å². The number of alkyl halides is 3. The Balaban J connectivity index is 1.85. The van der Waals surface area contributed by atoms with Crippen LogP contribution in [0.25, 0.3) is 11.0 Å². The van der Waals surface area contributed by atoms with Gasteiger partial charge in [-0.05, 0) is 24.1 Å². The van der Waals surface area contributed by atoms with E-state index in [1.54, 1.807) is 0 Å². The Labute approximate surface area is 145 Å². The third-order valence-corrected chi connectivity index (χ3v) is 4.35. The Morgan fingerprint density at radius 2 is 1.68 bits per heavy atom. The number of fused-ring (bicyclic) bond motifs is 1. The van der Waals surface area contributed by atoms with Crippen LogP contribution in [0.2, 0.25) is 0 Å². The van der Waals surface area contributed by atoms with Crippen molar-refractivity contribution in [3.05, 3.63) is 65.0 Å². The maximum Gasteiger partial charge on any atom is 0.416 e. The molecular weight excluding hydrogens is 359 g/mol. The molecule has 25 heavy (non-hydrogen) atoms. The predicted molar refractivity (Wildman–Crippen MR) is 87.8 cm³/mol. The number of rotatable bonds is 4. The number of imidazole rings is 1. The molecule has 0 unspecified atom stereocenters. The standard InChI is InChI=1S/C17H13F5N2S/c18-12-6-14-15(7-13(12)19)24-16(23-14)10(8-25)5-9-1-3-11(4-2-9)17(20,21)22/h1-4,6-7,10,25H,5,8H2,(H,23,24)/t10-/m1/s1. The third-order valence-electron chi connectivity index (χ3n) is 3.91. The molecule has 3 aromatic rings. The molecule has 2 aromatic carbocycles. The van der Waals surface area contributed by atoms with Crippen LogP contribution in [0.3, 0.4) is 0 Å². The van der Waals surface area contributed by atoms with Crippen molar-refractivity contribution >= 4 is 23.7 Å². The van der Waals surface area contributed by atoms with Crippen molar-refractivity contribution in [1.29, 1.82) is 0 Å². The Bertz CT molecular complexity index is 847. The Morgan fingerprint density at radius 1 is 1.04 bits per heavy atom. The zero-order valence-corrected chi connectivity index (χ0v) is 13.6. The number of nitrogens with one attached hydrogen (secondary N) is 1. The highest BCUT2D eigenvalue weighted by Gasteiger charge is 2.30. The first-order valence-corrected chi connectivity index (χ1v) is 8.03. The molecule has 0 radical (unpaired) electrons. The number of nitrogens with zero attached hydrogens (tertiary/aromatic N) is 1. The van der Waals surface area contributed by atoms with E-state index >= 15 is 0 Å². The lowest BCUT2D eigenvalue weighted by Crippen LogP contribution is -2.08. The van der Waals surface area contributed by atoms with Gasteiger partial charge in [0.1, 0.15) is 5.82 Å².